The summed E-state index contributed by atoms with van der Waals surface area (Å²) in [5, 5.41) is 22.7. The Morgan fingerprint density at radius 3 is 2.49 bits per heavy atom. The molecule has 0 radical (unpaired) electrons. The summed E-state index contributed by atoms with van der Waals surface area (Å²) < 4.78 is 18.2. The molecule has 0 aliphatic carbocycles. The number of anilines is 1. The Morgan fingerprint density at radius 1 is 1.09 bits per heavy atom. The Morgan fingerprint density at radius 2 is 1.82 bits per heavy atom. The second-order valence-corrected chi connectivity index (χ2v) is 12.9. The van der Waals surface area contributed by atoms with E-state index in [1.807, 2.05) is 30.0 Å². The molecule has 0 saturated carbocycles. The lowest BCUT2D eigenvalue weighted by Gasteiger charge is -2.36. The maximum atomic E-state index is 13.8. The first-order valence-corrected chi connectivity index (χ1v) is 16.9. The molecule has 2 unspecified atom stereocenters. The molecule has 246 valence electrons. The smallest absolute Gasteiger partial charge is 0.448 e. The molecule has 3 atom stereocenters. The predicted molar refractivity (Wildman–Crippen MR) is 164 cm³/mol. The number of carbonyl (C=O) groups excluding carboxylic acids is 2. The maximum Gasteiger partial charge on any atom is 0.525 e. The van der Waals surface area contributed by atoms with Crippen molar-refractivity contribution >= 4 is 31.4 Å². The zero-order valence-electron chi connectivity index (χ0n) is 25.3. The van der Waals surface area contributed by atoms with Crippen molar-refractivity contribution in [3.8, 4) is 11.4 Å². The van der Waals surface area contributed by atoms with Crippen LogP contribution in [0.25, 0.3) is 11.4 Å². The molecule has 16 heteroatoms. The fraction of sp³-hybridized carbons (Fsp3) is 0.552. The number of aliphatic hydroxyl groups is 1. The summed E-state index contributed by atoms with van der Waals surface area (Å²) in [6.45, 7) is 2.76. The zero-order chi connectivity index (χ0) is 32.4. The first-order chi connectivity index (χ1) is 21.6. The largest absolute Gasteiger partial charge is 0.525 e. The lowest BCUT2D eigenvalue weighted by molar-refractivity contribution is -0.154. The van der Waals surface area contributed by atoms with E-state index in [0.29, 0.717) is 24.3 Å². The van der Waals surface area contributed by atoms with Gasteiger partial charge in [-0.3, -0.25) is 14.2 Å². The molecule has 0 bridgehead atoms. The van der Waals surface area contributed by atoms with Gasteiger partial charge in [-0.2, -0.15) is 0 Å². The molecule has 1 aromatic heterocycles. The highest BCUT2D eigenvalue weighted by atomic mass is 31.2. The van der Waals surface area contributed by atoms with Crippen LogP contribution in [-0.2, 0) is 18.7 Å². The number of piperazine rings is 1. The van der Waals surface area contributed by atoms with E-state index in [2.05, 4.69) is 15.1 Å². The number of rotatable bonds is 13. The van der Waals surface area contributed by atoms with Crippen LogP contribution in [0.3, 0.4) is 0 Å². The second kappa shape index (κ2) is 16.1. The van der Waals surface area contributed by atoms with Crippen molar-refractivity contribution in [3.05, 3.63) is 42.1 Å². The molecule has 1 aromatic carbocycles. The zero-order valence-corrected chi connectivity index (χ0v) is 26.2. The Bertz CT molecular complexity index is 1360. The topological polar surface area (TPSA) is 195 Å². The van der Waals surface area contributed by atoms with Gasteiger partial charge in [0.15, 0.2) is 5.82 Å². The van der Waals surface area contributed by atoms with E-state index >= 15 is 0 Å². The number of hydroxylamine groups is 2. The van der Waals surface area contributed by atoms with Gasteiger partial charge in [0.25, 0.3) is 5.91 Å². The van der Waals surface area contributed by atoms with Crippen LogP contribution >= 0.6 is 7.60 Å². The van der Waals surface area contributed by atoms with Crippen LogP contribution in [-0.4, -0.2) is 117 Å². The number of nitrogens with zero attached hydrogens (tertiary/aromatic N) is 5. The van der Waals surface area contributed by atoms with Gasteiger partial charge in [-0.15, -0.1) is 5.06 Å². The van der Waals surface area contributed by atoms with Gasteiger partial charge in [-0.05, 0) is 25.7 Å². The number of aromatic nitrogens is 2. The van der Waals surface area contributed by atoms with Crippen molar-refractivity contribution in [2.45, 2.75) is 51.1 Å². The molecular formula is C29H41N6O9P. The van der Waals surface area contributed by atoms with Crippen molar-refractivity contribution in [1.29, 1.82) is 0 Å². The fourth-order valence-corrected chi connectivity index (χ4v) is 6.52. The normalized spacial score (nSPS) is 19.4. The van der Waals surface area contributed by atoms with E-state index in [1.54, 1.807) is 12.1 Å². The molecule has 15 nitrogen and oxygen atoms in total. The number of carboxylic acid groups (broad SMARTS) is 1. The summed E-state index contributed by atoms with van der Waals surface area (Å²) in [5.74, 6) is -0.664. The second-order valence-electron chi connectivity index (χ2n) is 11.0. The van der Waals surface area contributed by atoms with Crippen molar-refractivity contribution in [2.75, 3.05) is 57.0 Å². The number of hydrogen-bond donors (Lipinski definition) is 4. The molecule has 4 rings (SSSR count). The third-order valence-electron chi connectivity index (χ3n) is 7.67. The van der Waals surface area contributed by atoms with Gasteiger partial charge in [0.1, 0.15) is 17.6 Å². The first kappa shape index (κ1) is 34.3. The minimum atomic E-state index is -4.31. The molecule has 45 heavy (non-hydrogen) atoms. The SMILES string of the molecule is CCCCOP(=O)(O)CC(NC(=O)c1cc(N2CCCC[C@@H]2CO)nc(-c2ccccc2)n1)C(=O)N1CCN(OC(=O)O)CC1. The summed E-state index contributed by atoms with van der Waals surface area (Å²) in [6.07, 6.45) is 1.72. The highest BCUT2D eigenvalue weighted by molar-refractivity contribution is 7.52. The molecule has 3 heterocycles. The number of carbonyl (C=O) groups is 3. The van der Waals surface area contributed by atoms with Gasteiger partial charge < -0.3 is 39.6 Å². The van der Waals surface area contributed by atoms with Crippen molar-refractivity contribution in [3.63, 3.8) is 0 Å². The average molecular weight is 649 g/mol. The van der Waals surface area contributed by atoms with Crippen molar-refractivity contribution in [2.24, 2.45) is 0 Å². The van der Waals surface area contributed by atoms with Crippen molar-refractivity contribution in [1.82, 2.24) is 25.2 Å². The van der Waals surface area contributed by atoms with Crippen LogP contribution < -0.4 is 10.2 Å². The molecular weight excluding hydrogens is 607 g/mol. The van der Waals surface area contributed by atoms with Gasteiger partial charge in [-0.1, -0.05) is 43.7 Å². The standard InChI is InChI=1S/C29H41N6O9P/c1-2-3-17-43-45(41,42)20-24(28(38)33-13-15-34(16-14-33)44-29(39)40)31-27(37)23-18-25(35-12-8-7-11-22(35)19-36)32-26(30-23)21-9-5-4-6-10-21/h4-6,9-10,18,22,24,36H,2-3,7-8,11-17,19-20H2,1H3,(H,31,37)(H,39,40)(H,41,42)/t22-,24?/m1/s1. The van der Waals surface area contributed by atoms with Crippen LogP contribution in [0.5, 0.6) is 0 Å². The molecule has 2 saturated heterocycles. The minimum absolute atomic E-state index is 0.0158. The van der Waals surface area contributed by atoms with E-state index in [0.717, 1.165) is 25.7 Å². The summed E-state index contributed by atoms with van der Waals surface area (Å²) in [7, 11) is -4.31. The van der Waals surface area contributed by atoms with Crippen molar-refractivity contribution < 1.29 is 43.4 Å². The number of aliphatic hydroxyl groups excluding tert-OH is 1. The third kappa shape index (κ3) is 9.68. The lowest BCUT2D eigenvalue weighted by atomic mass is 10.0. The monoisotopic (exact) mass is 648 g/mol. The maximum absolute atomic E-state index is 13.8. The number of nitrogens with one attached hydrogen (secondary N) is 1. The van der Waals surface area contributed by atoms with E-state index in [1.165, 1.54) is 16.0 Å². The molecule has 2 amide bonds. The molecule has 2 aliphatic rings. The summed E-state index contributed by atoms with van der Waals surface area (Å²) in [6, 6.07) is 8.94. The van der Waals surface area contributed by atoms with Crippen LogP contribution in [0.1, 0.15) is 49.5 Å². The number of unbranched alkanes of at least 4 members (excludes halogenated alkanes) is 1. The van der Waals surface area contributed by atoms with Crippen LogP contribution in [0.2, 0.25) is 0 Å². The Balaban J connectivity index is 1.62. The summed E-state index contributed by atoms with van der Waals surface area (Å²) >= 11 is 0. The number of piperidine rings is 1. The first-order valence-electron chi connectivity index (χ1n) is 15.1. The molecule has 2 aliphatic heterocycles. The van der Waals surface area contributed by atoms with E-state index in [-0.39, 0.29) is 57.0 Å². The van der Waals surface area contributed by atoms with Crippen LogP contribution in [0, 0.1) is 0 Å². The van der Waals surface area contributed by atoms with E-state index < -0.39 is 37.8 Å². The fourth-order valence-electron chi connectivity index (χ4n) is 5.29. The van der Waals surface area contributed by atoms with E-state index in [9.17, 15) is 28.9 Å². The Kier molecular flexibility index (Phi) is 12.3. The average Bonchev–Trinajstić information content (AvgIpc) is 3.04. The number of amides is 2. The van der Waals surface area contributed by atoms with Gasteiger partial charge in [0.05, 0.1) is 38.5 Å². The highest BCUT2D eigenvalue weighted by Crippen LogP contribution is 2.43. The minimum Gasteiger partial charge on any atom is -0.448 e. The van der Waals surface area contributed by atoms with Gasteiger partial charge in [0, 0.05) is 31.3 Å². The molecule has 0 spiro atoms. The highest BCUT2D eigenvalue weighted by Gasteiger charge is 2.36. The predicted octanol–water partition coefficient (Wildman–Crippen LogP) is 2.35. The van der Waals surface area contributed by atoms with Crippen LogP contribution in [0.15, 0.2) is 36.4 Å². The lowest BCUT2D eigenvalue weighted by Crippen LogP contribution is -2.56. The molecule has 4 N–H and O–H groups in total. The van der Waals surface area contributed by atoms with Gasteiger partial charge in [-0.25, -0.2) is 14.8 Å². The number of benzene rings is 1. The summed E-state index contributed by atoms with van der Waals surface area (Å²) in [5.41, 5.74) is 0.600. The Labute approximate surface area is 261 Å². The quantitative estimate of drug-likeness (QED) is 0.183. The van der Waals surface area contributed by atoms with Gasteiger partial charge in [0.2, 0.25) is 5.91 Å². The van der Waals surface area contributed by atoms with Crippen LogP contribution in [0.4, 0.5) is 10.6 Å². The number of hydrogen-bond acceptors (Lipinski definition) is 11. The van der Waals surface area contributed by atoms with Gasteiger partial charge >= 0.3 is 13.8 Å². The summed E-state index contributed by atoms with van der Waals surface area (Å²) in [4.78, 5) is 66.1. The Hall–Kier alpha value is -3.62. The molecule has 2 fully saturated rings. The molecule has 2 aromatic rings. The third-order valence-corrected chi connectivity index (χ3v) is 9.09. The van der Waals surface area contributed by atoms with E-state index in [4.69, 9.17) is 14.6 Å².